The zero-order valence-corrected chi connectivity index (χ0v) is 9.60. The van der Waals surface area contributed by atoms with Gasteiger partial charge in [-0.3, -0.25) is 0 Å². The van der Waals surface area contributed by atoms with Crippen molar-refractivity contribution in [3.63, 3.8) is 0 Å². The average molecular weight is 216 g/mol. The zero-order valence-electron chi connectivity index (χ0n) is 9.60. The highest BCUT2D eigenvalue weighted by molar-refractivity contribution is 5.90. The number of ether oxygens (including phenoxy) is 1. The van der Waals surface area contributed by atoms with Crippen LogP contribution >= 0.6 is 0 Å². The minimum atomic E-state index is 0.538. The van der Waals surface area contributed by atoms with Gasteiger partial charge in [0.15, 0.2) is 0 Å². The normalized spacial score (nSPS) is 11.4. The van der Waals surface area contributed by atoms with Crippen LogP contribution in [0.1, 0.15) is 5.56 Å². The first-order chi connectivity index (χ1) is 7.77. The van der Waals surface area contributed by atoms with Gasteiger partial charge in [-0.2, -0.15) is 0 Å². The number of hydrogen-bond donors (Lipinski definition) is 1. The van der Waals surface area contributed by atoms with Gasteiger partial charge in [0.25, 0.3) is 0 Å². The Kier molecular flexibility index (Phi) is 2.97. The molecular weight excluding hydrogens is 200 g/mol. The number of hydrogen-bond acceptors (Lipinski definition) is 2. The highest BCUT2D eigenvalue weighted by Gasteiger charge is 2.07. The van der Waals surface area contributed by atoms with Crippen molar-refractivity contribution in [2.75, 3.05) is 13.7 Å². The van der Waals surface area contributed by atoms with Crippen molar-refractivity contribution in [2.24, 2.45) is 12.8 Å². The molecule has 3 heteroatoms. The van der Waals surface area contributed by atoms with Gasteiger partial charge in [0.05, 0.1) is 12.6 Å². The van der Waals surface area contributed by atoms with Crippen molar-refractivity contribution < 1.29 is 4.74 Å². The van der Waals surface area contributed by atoms with E-state index < -0.39 is 0 Å². The maximum absolute atomic E-state index is 5.46. The standard InChI is InChI=1S/C13H16N2O/c1-15-9-7-11-12(15)6-5-10(4-3-8-14)13(11)16-2/h3-7,9H,8,14H2,1-2H3/b4-3+. The first-order valence-corrected chi connectivity index (χ1v) is 5.26. The van der Waals surface area contributed by atoms with Crippen LogP contribution in [0.2, 0.25) is 0 Å². The minimum Gasteiger partial charge on any atom is -0.495 e. The predicted molar refractivity (Wildman–Crippen MR) is 67.6 cm³/mol. The number of nitrogens with two attached hydrogens (primary N) is 1. The van der Waals surface area contributed by atoms with Crippen molar-refractivity contribution in [3.8, 4) is 5.75 Å². The molecule has 0 aliphatic rings. The van der Waals surface area contributed by atoms with E-state index in [1.807, 2.05) is 31.5 Å². The van der Waals surface area contributed by atoms with Gasteiger partial charge in [0.1, 0.15) is 5.75 Å². The molecule has 0 saturated heterocycles. The molecule has 0 radical (unpaired) electrons. The molecule has 16 heavy (non-hydrogen) atoms. The van der Waals surface area contributed by atoms with E-state index in [0.717, 1.165) is 16.7 Å². The van der Waals surface area contributed by atoms with Gasteiger partial charge in [0.2, 0.25) is 0 Å². The van der Waals surface area contributed by atoms with Crippen molar-refractivity contribution in [1.82, 2.24) is 4.57 Å². The summed E-state index contributed by atoms with van der Waals surface area (Å²) >= 11 is 0. The van der Waals surface area contributed by atoms with Gasteiger partial charge in [-0.1, -0.05) is 12.2 Å². The van der Waals surface area contributed by atoms with Gasteiger partial charge in [-0.25, -0.2) is 0 Å². The number of nitrogens with zero attached hydrogens (tertiary/aromatic N) is 1. The summed E-state index contributed by atoms with van der Waals surface area (Å²) in [5, 5.41) is 1.13. The molecule has 0 bridgehead atoms. The SMILES string of the molecule is COc1c(/C=C/CN)ccc2c1ccn2C. The number of rotatable bonds is 3. The van der Waals surface area contributed by atoms with Crippen molar-refractivity contribution in [3.05, 3.63) is 36.0 Å². The molecule has 1 aromatic carbocycles. The Morgan fingerprint density at radius 1 is 1.38 bits per heavy atom. The zero-order chi connectivity index (χ0) is 11.5. The summed E-state index contributed by atoms with van der Waals surface area (Å²) in [6.07, 6.45) is 5.95. The predicted octanol–water partition coefficient (Wildman–Crippen LogP) is 2.16. The van der Waals surface area contributed by atoms with E-state index >= 15 is 0 Å². The van der Waals surface area contributed by atoms with Crippen LogP contribution in [-0.2, 0) is 7.05 Å². The van der Waals surface area contributed by atoms with Crippen LogP contribution in [0.25, 0.3) is 17.0 Å². The van der Waals surface area contributed by atoms with Gasteiger partial charge in [-0.05, 0) is 18.2 Å². The smallest absolute Gasteiger partial charge is 0.135 e. The summed E-state index contributed by atoms with van der Waals surface area (Å²) in [7, 11) is 3.72. The van der Waals surface area contributed by atoms with E-state index in [9.17, 15) is 0 Å². The molecule has 0 saturated carbocycles. The topological polar surface area (TPSA) is 40.2 Å². The van der Waals surface area contributed by atoms with E-state index in [2.05, 4.69) is 16.7 Å². The molecule has 0 unspecified atom stereocenters. The van der Waals surface area contributed by atoms with Crippen LogP contribution in [0, 0.1) is 0 Å². The molecular formula is C13H16N2O. The Labute approximate surface area is 95.1 Å². The number of aryl methyl sites for hydroxylation is 1. The first-order valence-electron chi connectivity index (χ1n) is 5.26. The van der Waals surface area contributed by atoms with Crippen LogP contribution in [0.15, 0.2) is 30.5 Å². The van der Waals surface area contributed by atoms with Gasteiger partial charge in [-0.15, -0.1) is 0 Å². The Morgan fingerprint density at radius 3 is 2.88 bits per heavy atom. The molecule has 0 aliphatic carbocycles. The van der Waals surface area contributed by atoms with Crippen molar-refractivity contribution in [1.29, 1.82) is 0 Å². The third kappa shape index (κ3) is 1.70. The van der Waals surface area contributed by atoms with Gasteiger partial charge < -0.3 is 15.0 Å². The van der Waals surface area contributed by atoms with E-state index in [1.54, 1.807) is 7.11 Å². The molecule has 0 atom stereocenters. The molecule has 84 valence electrons. The molecule has 1 heterocycles. The molecule has 3 nitrogen and oxygen atoms in total. The highest BCUT2D eigenvalue weighted by Crippen LogP contribution is 2.30. The molecule has 2 rings (SSSR count). The summed E-state index contributed by atoms with van der Waals surface area (Å²) in [4.78, 5) is 0. The summed E-state index contributed by atoms with van der Waals surface area (Å²) in [6.45, 7) is 0.538. The fraction of sp³-hybridized carbons (Fsp3) is 0.231. The summed E-state index contributed by atoms with van der Waals surface area (Å²) in [5.41, 5.74) is 7.68. The third-order valence-electron chi connectivity index (χ3n) is 2.69. The monoisotopic (exact) mass is 216 g/mol. The Bertz CT molecular complexity index is 526. The lowest BCUT2D eigenvalue weighted by Gasteiger charge is -2.07. The van der Waals surface area contributed by atoms with Crippen LogP contribution < -0.4 is 10.5 Å². The van der Waals surface area contributed by atoms with Crippen LogP contribution in [0.3, 0.4) is 0 Å². The average Bonchev–Trinajstić information content (AvgIpc) is 2.68. The number of aromatic nitrogens is 1. The van der Waals surface area contributed by atoms with E-state index in [1.165, 1.54) is 5.52 Å². The lowest BCUT2D eigenvalue weighted by Crippen LogP contribution is -1.93. The van der Waals surface area contributed by atoms with E-state index in [4.69, 9.17) is 10.5 Å². The molecule has 1 aromatic heterocycles. The fourth-order valence-corrected chi connectivity index (χ4v) is 1.90. The first kappa shape index (κ1) is 10.8. The van der Waals surface area contributed by atoms with E-state index in [0.29, 0.717) is 6.54 Å². The molecule has 0 fully saturated rings. The third-order valence-corrected chi connectivity index (χ3v) is 2.69. The molecule has 2 aromatic rings. The lowest BCUT2D eigenvalue weighted by molar-refractivity contribution is 0.419. The molecule has 0 amide bonds. The fourth-order valence-electron chi connectivity index (χ4n) is 1.90. The summed E-state index contributed by atoms with van der Waals surface area (Å²) < 4.78 is 7.54. The quantitative estimate of drug-likeness (QED) is 0.854. The van der Waals surface area contributed by atoms with Gasteiger partial charge >= 0.3 is 0 Å². The maximum atomic E-state index is 5.46. The summed E-state index contributed by atoms with van der Waals surface area (Å²) in [5.74, 6) is 0.905. The van der Waals surface area contributed by atoms with Crippen LogP contribution in [-0.4, -0.2) is 18.2 Å². The molecule has 2 N–H and O–H groups in total. The molecule has 0 aliphatic heterocycles. The maximum Gasteiger partial charge on any atom is 0.135 e. The Morgan fingerprint density at radius 2 is 2.19 bits per heavy atom. The highest BCUT2D eigenvalue weighted by atomic mass is 16.5. The number of benzene rings is 1. The Hall–Kier alpha value is -1.74. The minimum absolute atomic E-state index is 0.538. The Balaban J connectivity index is 2.63. The van der Waals surface area contributed by atoms with E-state index in [-0.39, 0.29) is 0 Å². The van der Waals surface area contributed by atoms with Crippen LogP contribution in [0.4, 0.5) is 0 Å². The second-order valence-corrected chi connectivity index (χ2v) is 3.69. The second kappa shape index (κ2) is 4.41. The molecule has 0 spiro atoms. The number of methoxy groups -OCH3 is 1. The van der Waals surface area contributed by atoms with Crippen molar-refractivity contribution >= 4 is 17.0 Å². The largest absolute Gasteiger partial charge is 0.495 e. The number of fused-ring (bicyclic) bond motifs is 1. The van der Waals surface area contributed by atoms with Crippen LogP contribution in [0.5, 0.6) is 5.75 Å². The van der Waals surface area contributed by atoms with Gasteiger partial charge in [0, 0.05) is 30.7 Å². The lowest BCUT2D eigenvalue weighted by atomic mass is 10.1. The summed E-state index contributed by atoms with van der Waals surface area (Å²) in [6, 6.07) is 6.20. The van der Waals surface area contributed by atoms with Crippen molar-refractivity contribution in [2.45, 2.75) is 0 Å². The second-order valence-electron chi connectivity index (χ2n) is 3.69.